The highest BCUT2D eigenvalue weighted by atomic mass is 16.6. The third-order valence-electron chi connectivity index (χ3n) is 11.4. The number of fused-ring (bicyclic) bond motifs is 1. The van der Waals surface area contributed by atoms with E-state index in [1.165, 1.54) is 4.57 Å². The van der Waals surface area contributed by atoms with E-state index in [-0.39, 0.29) is 42.0 Å². The maximum Gasteiger partial charge on any atom is 0.407 e. The summed E-state index contributed by atoms with van der Waals surface area (Å²) in [5, 5.41) is 19.8. The number of ether oxygens (including phenoxy) is 2. The molecule has 312 valence electrons. The molecule has 18 nitrogen and oxygen atoms in total. The van der Waals surface area contributed by atoms with Gasteiger partial charge in [0.25, 0.3) is 5.91 Å². The van der Waals surface area contributed by atoms with E-state index in [9.17, 15) is 24.0 Å². The molecule has 3 fully saturated rings. The number of piperazine rings is 1. The Morgan fingerprint density at radius 1 is 0.948 bits per heavy atom. The van der Waals surface area contributed by atoms with Crippen LogP contribution in [0.4, 0.5) is 10.6 Å². The van der Waals surface area contributed by atoms with E-state index in [4.69, 9.17) is 9.47 Å². The van der Waals surface area contributed by atoms with E-state index in [1.54, 1.807) is 28.6 Å². The largest absolute Gasteiger partial charge is 0.446 e. The van der Waals surface area contributed by atoms with Crippen LogP contribution in [0.5, 0.6) is 0 Å². The lowest BCUT2D eigenvalue weighted by atomic mass is 10.0. The zero-order valence-electron chi connectivity index (χ0n) is 33.6. The second kappa shape index (κ2) is 18.5. The lowest BCUT2D eigenvalue weighted by Gasteiger charge is -2.34. The topological polar surface area (TPSA) is 203 Å². The number of alkyl carbamates (subject to hydrolysis) is 1. The van der Waals surface area contributed by atoms with Crippen molar-refractivity contribution in [2.45, 2.75) is 89.4 Å². The molecule has 4 amide bonds. The van der Waals surface area contributed by atoms with Gasteiger partial charge in [-0.2, -0.15) is 10.2 Å². The third kappa shape index (κ3) is 9.85. The van der Waals surface area contributed by atoms with Gasteiger partial charge in [-0.05, 0) is 76.1 Å². The van der Waals surface area contributed by atoms with Crippen LogP contribution in [-0.4, -0.2) is 127 Å². The summed E-state index contributed by atoms with van der Waals surface area (Å²) in [5.41, 5.74) is 3.60. The van der Waals surface area contributed by atoms with E-state index in [0.717, 1.165) is 81.7 Å². The van der Waals surface area contributed by atoms with Crippen LogP contribution in [0.15, 0.2) is 41.3 Å². The van der Waals surface area contributed by atoms with Gasteiger partial charge in [-0.15, -0.1) is 0 Å². The number of hydrogen-bond donors (Lipinski definition) is 4. The van der Waals surface area contributed by atoms with Crippen LogP contribution in [0, 0.1) is 0 Å². The van der Waals surface area contributed by atoms with Gasteiger partial charge in [0, 0.05) is 83.6 Å². The number of hydrogen-bond acceptors (Lipinski definition) is 11. The number of anilines is 1. The Bertz CT molecular complexity index is 2140. The number of carbonyl (C=O) groups is 4. The first-order chi connectivity index (χ1) is 28.0. The molecule has 1 aliphatic carbocycles. The predicted molar refractivity (Wildman–Crippen MR) is 215 cm³/mol. The number of amides is 4. The van der Waals surface area contributed by atoms with Crippen LogP contribution in [0.1, 0.15) is 86.1 Å². The highest BCUT2D eigenvalue weighted by molar-refractivity contribution is 6.02. The SMILES string of the molecule is CC(C)NC(=O)O[C@H]1CC[C@@H](c2cc(NC(=O)c3ccnn3CCN3CCN(CCOCCCc4ccc5c(c4)n(C)c(=O)n5C4CCC(=O)NC4=O)CC3)[nH]n2)C1. The summed E-state index contributed by atoms with van der Waals surface area (Å²) in [6.45, 7) is 11.0. The minimum Gasteiger partial charge on any atom is -0.446 e. The first kappa shape index (κ1) is 40.9. The molecule has 1 saturated carbocycles. The first-order valence-electron chi connectivity index (χ1n) is 20.4. The number of benzene rings is 1. The molecule has 3 aliphatic rings. The van der Waals surface area contributed by atoms with Crippen molar-refractivity contribution in [2.75, 3.05) is 57.8 Å². The third-order valence-corrected chi connectivity index (χ3v) is 11.4. The van der Waals surface area contributed by atoms with Crippen molar-refractivity contribution in [2.24, 2.45) is 7.05 Å². The van der Waals surface area contributed by atoms with Gasteiger partial charge in [0.05, 0.1) is 29.9 Å². The molecule has 58 heavy (non-hydrogen) atoms. The number of aromatic nitrogens is 6. The molecule has 3 atom stereocenters. The van der Waals surface area contributed by atoms with Gasteiger partial charge < -0.3 is 20.1 Å². The molecule has 0 bridgehead atoms. The first-order valence-corrected chi connectivity index (χ1v) is 20.4. The maximum atomic E-state index is 13.2. The standard InChI is InChI=1S/C40H55N11O7/c1-26(2)42-39(55)58-29-8-7-28(24-29)30-25-35(46-45-30)43-37(53)32-12-13-41-50(32)19-18-48-14-16-49(17-15-48)20-22-57-21-4-5-27-6-9-31-34(23-27)47(3)40(56)51(31)33-10-11-36(52)44-38(33)54/h6,9,12-13,23,25-26,28-29,33H,4-5,7-8,10-11,14-22,24H2,1-3H3,(H,42,55)(H,44,52,54)(H2,43,45,46,53)/t28-,29+,33?/m1/s1. The van der Waals surface area contributed by atoms with Gasteiger partial charge in [0.1, 0.15) is 23.7 Å². The minimum absolute atomic E-state index is 0.0196. The molecule has 3 aromatic heterocycles. The number of nitrogens with zero attached hydrogens (tertiary/aromatic N) is 7. The van der Waals surface area contributed by atoms with Crippen molar-refractivity contribution in [3.63, 3.8) is 0 Å². The van der Waals surface area contributed by atoms with Gasteiger partial charge in [-0.3, -0.25) is 48.4 Å². The molecule has 1 aromatic carbocycles. The number of piperidine rings is 1. The van der Waals surface area contributed by atoms with E-state index < -0.39 is 18.0 Å². The predicted octanol–water partition coefficient (Wildman–Crippen LogP) is 2.53. The van der Waals surface area contributed by atoms with Crippen LogP contribution >= 0.6 is 0 Å². The quantitative estimate of drug-likeness (QED) is 0.0958. The van der Waals surface area contributed by atoms with Crippen LogP contribution in [-0.2, 0) is 39.1 Å². The molecule has 2 aliphatic heterocycles. The monoisotopic (exact) mass is 801 g/mol. The molecular formula is C40H55N11O7. The van der Waals surface area contributed by atoms with E-state index >= 15 is 0 Å². The van der Waals surface area contributed by atoms with Crippen LogP contribution in [0.2, 0.25) is 0 Å². The van der Waals surface area contributed by atoms with Gasteiger partial charge in [0.2, 0.25) is 11.8 Å². The number of rotatable bonds is 16. The van der Waals surface area contributed by atoms with Crippen LogP contribution < -0.4 is 21.6 Å². The Labute approximate surface area is 336 Å². The molecule has 5 heterocycles. The lowest BCUT2D eigenvalue weighted by Crippen LogP contribution is -2.48. The molecular weight excluding hydrogens is 747 g/mol. The fourth-order valence-corrected chi connectivity index (χ4v) is 8.18. The summed E-state index contributed by atoms with van der Waals surface area (Å²) < 4.78 is 16.3. The summed E-state index contributed by atoms with van der Waals surface area (Å²) in [6, 6.07) is 8.78. The van der Waals surface area contributed by atoms with E-state index in [0.29, 0.717) is 49.6 Å². The normalized spacial score (nSPS) is 20.5. The van der Waals surface area contributed by atoms with Gasteiger partial charge in [-0.1, -0.05) is 6.07 Å². The fourth-order valence-electron chi connectivity index (χ4n) is 8.18. The van der Waals surface area contributed by atoms with Crippen molar-refractivity contribution in [3.8, 4) is 0 Å². The van der Waals surface area contributed by atoms with Crippen molar-refractivity contribution in [1.29, 1.82) is 0 Å². The van der Waals surface area contributed by atoms with Crippen LogP contribution in [0.25, 0.3) is 11.0 Å². The molecule has 4 N–H and O–H groups in total. The average Bonchev–Trinajstić information content (AvgIpc) is 4.01. The smallest absolute Gasteiger partial charge is 0.407 e. The average molecular weight is 802 g/mol. The van der Waals surface area contributed by atoms with Crippen LogP contribution in [0.3, 0.4) is 0 Å². The maximum absolute atomic E-state index is 13.2. The highest BCUT2D eigenvalue weighted by Gasteiger charge is 2.32. The molecule has 0 radical (unpaired) electrons. The van der Waals surface area contributed by atoms with Gasteiger partial charge in [0.15, 0.2) is 0 Å². The summed E-state index contributed by atoms with van der Waals surface area (Å²) in [6.07, 6.45) is 5.58. The number of aromatic amines is 1. The number of carbonyl (C=O) groups excluding carboxylic acids is 4. The zero-order valence-corrected chi connectivity index (χ0v) is 33.6. The zero-order chi connectivity index (χ0) is 40.8. The van der Waals surface area contributed by atoms with Crippen molar-refractivity contribution in [3.05, 3.63) is 64.0 Å². The number of aryl methyl sites for hydroxylation is 2. The number of imidazole rings is 1. The molecule has 7 rings (SSSR count). The Morgan fingerprint density at radius 2 is 1.74 bits per heavy atom. The van der Waals surface area contributed by atoms with Gasteiger partial charge >= 0.3 is 11.8 Å². The van der Waals surface area contributed by atoms with E-state index in [1.807, 2.05) is 38.1 Å². The Morgan fingerprint density at radius 3 is 2.52 bits per heavy atom. The molecule has 2 saturated heterocycles. The lowest BCUT2D eigenvalue weighted by molar-refractivity contribution is -0.135. The number of nitrogens with one attached hydrogen (secondary N) is 4. The molecule has 0 spiro atoms. The Balaban J connectivity index is 0.778. The summed E-state index contributed by atoms with van der Waals surface area (Å²) in [5.74, 6) is -0.338. The number of H-pyrrole nitrogens is 1. The highest BCUT2D eigenvalue weighted by Crippen LogP contribution is 2.36. The summed E-state index contributed by atoms with van der Waals surface area (Å²) >= 11 is 0. The second-order valence-electron chi connectivity index (χ2n) is 15.8. The second-order valence-corrected chi connectivity index (χ2v) is 15.8. The molecule has 4 aromatic rings. The van der Waals surface area contributed by atoms with E-state index in [2.05, 4.69) is 41.0 Å². The summed E-state index contributed by atoms with van der Waals surface area (Å²) in [7, 11) is 1.71. The molecule has 1 unspecified atom stereocenters. The minimum atomic E-state index is -0.692. The fraction of sp³-hybridized carbons (Fsp3) is 0.575. The Hall–Kier alpha value is -5.33. The van der Waals surface area contributed by atoms with Gasteiger partial charge in [-0.25, -0.2) is 9.59 Å². The Kier molecular flexibility index (Phi) is 13.0. The molecule has 18 heteroatoms. The van der Waals surface area contributed by atoms with Crippen molar-refractivity contribution >= 4 is 40.7 Å². The van der Waals surface area contributed by atoms with Crippen molar-refractivity contribution < 1.29 is 28.7 Å². The van der Waals surface area contributed by atoms with Crippen molar-refractivity contribution in [1.82, 2.24) is 49.5 Å². The number of imide groups is 1. The summed E-state index contributed by atoms with van der Waals surface area (Å²) in [4.78, 5) is 67.2.